The van der Waals surface area contributed by atoms with Gasteiger partial charge in [0.15, 0.2) is 0 Å². The highest BCUT2D eigenvalue weighted by Gasteiger charge is 2.32. The van der Waals surface area contributed by atoms with Gasteiger partial charge in [0.05, 0.1) is 6.54 Å². The van der Waals surface area contributed by atoms with E-state index in [1.54, 1.807) is 11.9 Å². The van der Waals surface area contributed by atoms with Crippen LogP contribution in [0.5, 0.6) is 0 Å². The van der Waals surface area contributed by atoms with Gasteiger partial charge in [0.1, 0.15) is 0 Å². The average Bonchev–Trinajstić information content (AvgIpc) is 2.16. The van der Waals surface area contributed by atoms with E-state index in [2.05, 4.69) is 13.8 Å². The van der Waals surface area contributed by atoms with Crippen LogP contribution in [0, 0.1) is 11.8 Å². The zero-order chi connectivity index (χ0) is 12.3. The highest BCUT2D eigenvalue weighted by molar-refractivity contribution is 4.89. The second kappa shape index (κ2) is 5.92. The van der Waals surface area contributed by atoms with Crippen molar-refractivity contribution >= 4 is 0 Å². The van der Waals surface area contributed by atoms with Crippen LogP contribution in [0.2, 0.25) is 0 Å². The molecular weight excluding hydrogens is 210 g/mol. The topological polar surface area (TPSA) is 29.3 Å². The second-order valence-corrected chi connectivity index (χ2v) is 5.38. The van der Waals surface area contributed by atoms with Gasteiger partial charge in [0, 0.05) is 12.1 Å². The molecule has 0 aromatic carbocycles. The summed E-state index contributed by atoms with van der Waals surface area (Å²) >= 11 is 0. The third-order valence-electron chi connectivity index (χ3n) is 3.84. The van der Waals surface area contributed by atoms with E-state index < -0.39 is 6.43 Å². The quantitative estimate of drug-likeness (QED) is 0.809. The smallest absolute Gasteiger partial charge is 0.251 e. The molecule has 0 amide bonds. The Hall–Kier alpha value is -0.220. The van der Waals surface area contributed by atoms with Crippen LogP contribution in [0.1, 0.15) is 33.1 Å². The van der Waals surface area contributed by atoms with Crippen molar-refractivity contribution in [3.8, 4) is 0 Å². The summed E-state index contributed by atoms with van der Waals surface area (Å²) in [5.41, 5.74) is 6.03. The molecule has 96 valence electrons. The molecule has 1 aliphatic carbocycles. The highest BCUT2D eigenvalue weighted by atomic mass is 19.3. The Bertz CT molecular complexity index is 209. The number of halogens is 2. The van der Waals surface area contributed by atoms with Crippen molar-refractivity contribution in [3.63, 3.8) is 0 Å². The third kappa shape index (κ3) is 3.67. The Kier molecular flexibility index (Phi) is 5.12. The van der Waals surface area contributed by atoms with Crippen LogP contribution < -0.4 is 5.73 Å². The summed E-state index contributed by atoms with van der Waals surface area (Å²) in [5, 5.41) is 0. The van der Waals surface area contributed by atoms with Crippen molar-refractivity contribution in [2.45, 2.75) is 51.6 Å². The van der Waals surface area contributed by atoms with Crippen LogP contribution in [0.15, 0.2) is 0 Å². The van der Waals surface area contributed by atoms with Gasteiger partial charge in [0.25, 0.3) is 6.43 Å². The molecule has 0 radical (unpaired) electrons. The molecule has 0 saturated heterocycles. The van der Waals surface area contributed by atoms with E-state index in [1.165, 1.54) is 0 Å². The Morgan fingerprint density at radius 3 is 2.44 bits per heavy atom. The van der Waals surface area contributed by atoms with E-state index in [-0.39, 0.29) is 18.6 Å². The van der Waals surface area contributed by atoms with Gasteiger partial charge in [-0.2, -0.15) is 0 Å². The predicted molar refractivity (Wildman–Crippen MR) is 62.6 cm³/mol. The molecule has 1 fully saturated rings. The number of nitrogens with zero attached hydrogens (tertiary/aromatic N) is 1. The minimum atomic E-state index is -2.27. The molecule has 1 saturated carbocycles. The van der Waals surface area contributed by atoms with Gasteiger partial charge in [0.2, 0.25) is 0 Å². The first kappa shape index (κ1) is 13.8. The van der Waals surface area contributed by atoms with E-state index in [0.717, 1.165) is 19.3 Å². The average molecular weight is 234 g/mol. The number of likely N-dealkylation sites (N-methyl/N-ethyl adjacent to an activating group) is 1. The van der Waals surface area contributed by atoms with Crippen molar-refractivity contribution in [2.24, 2.45) is 17.6 Å². The Labute approximate surface area is 97.2 Å². The summed E-state index contributed by atoms with van der Waals surface area (Å²) in [6, 6.07) is 0.175. The monoisotopic (exact) mass is 234 g/mol. The molecule has 4 heteroatoms. The summed E-state index contributed by atoms with van der Waals surface area (Å²) in [4.78, 5) is 1.74. The van der Waals surface area contributed by atoms with Gasteiger partial charge in [-0.25, -0.2) is 8.78 Å². The van der Waals surface area contributed by atoms with E-state index in [0.29, 0.717) is 11.8 Å². The first-order valence-electron chi connectivity index (χ1n) is 6.15. The molecule has 0 aliphatic heterocycles. The number of hydrogen-bond acceptors (Lipinski definition) is 2. The van der Waals surface area contributed by atoms with Crippen LogP contribution in [-0.2, 0) is 0 Å². The van der Waals surface area contributed by atoms with Crippen molar-refractivity contribution in [1.29, 1.82) is 0 Å². The summed E-state index contributed by atoms with van der Waals surface area (Å²) in [5.74, 6) is 1.25. The Morgan fingerprint density at radius 2 is 1.94 bits per heavy atom. The molecule has 3 atom stereocenters. The van der Waals surface area contributed by atoms with Crippen molar-refractivity contribution in [2.75, 3.05) is 13.6 Å². The molecule has 2 nitrogen and oxygen atoms in total. The summed E-state index contributed by atoms with van der Waals surface area (Å²) in [6.07, 6.45) is 0.790. The van der Waals surface area contributed by atoms with Crippen molar-refractivity contribution in [3.05, 3.63) is 0 Å². The van der Waals surface area contributed by atoms with Gasteiger partial charge in [-0.1, -0.05) is 13.8 Å². The summed E-state index contributed by atoms with van der Waals surface area (Å²) < 4.78 is 24.7. The van der Waals surface area contributed by atoms with E-state index in [9.17, 15) is 8.78 Å². The Balaban J connectivity index is 2.55. The molecule has 0 bridgehead atoms. The summed E-state index contributed by atoms with van der Waals surface area (Å²) in [7, 11) is 1.76. The first-order valence-corrected chi connectivity index (χ1v) is 6.15. The van der Waals surface area contributed by atoms with Crippen LogP contribution in [-0.4, -0.2) is 37.0 Å². The standard InChI is InChI=1S/C12H24F2N2/c1-8(2)9-4-5-10(15)11(6-9)16(3)7-12(13)14/h8-12H,4-7,15H2,1-3H3. The zero-order valence-corrected chi connectivity index (χ0v) is 10.5. The lowest BCUT2D eigenvalue weighted by Crippen LogP contribution is -2.51. The van der Waals surface area contributed by atoms with Crippen LogP contribution in [0.25, 0.3) is 0 Å². The zero-order valence-electron chi connectivity index (χ0n) is 10.5. The molecule has 0 heterocycles. The highest BCUT2D eigenvalue weighted by Crippen LogP contribution is 2.31. The summed E-state index contributed by atoms with van der Waals surface area (Å²) in [6.45, 7) is 4.24. The number of nitrogens with two attached hydrogens (primary N) is 1. The maximum Gasteiger partial charge on any atom is 0.251 e. The van der Waals surface area contributed by atoms with Crippen molar-refractivity contribution < 1.29 is 8.78 Å². The fourth-order valence-corrected chi connectivity index (χ4v) is 2.67. The first-order chi connectivity index (χ1) is 7.41. The molecule has 16 heavy (non-hydrogen) atoms. The van der Waals surface area contributed by atoms with E-state index in [1.807, 2.05) is 0 Å². The second-order valence-electron chi connectivity index (χ2n) is 5.38. The van der Waals surface area contributed by atoms with Crippen LogP contribution in [0.4, 0.5) is 8.78 Å². The molecule has 3 unspecified atom stereocenters. The normalized spacial score (nSPS) is 31.7. The van der Waals surface area contributed by atoms with E-state index in [4.69, 9.17) is 5.73 Å². The predicted octanol–water partition coefficient (Wildman–Crippen LogP) is 2.34. The maximum absolute atomic E-state index is 12.3. The van der Waals surface area contributed by atoms with Gasteiger partial charge < -0.3 is 5.73 Å². The van der Waals surface area contributed by atoms with Gasteiger partial charge in [-0.05, 0) is 38.1 Å². The minimum Gasteiger partial charge on any atom is -0.326 e. The molecular formula is C12H24F2N2. The van der Waals surface area contributed by atoms with Gasteiger partial charge >= 0.3 is 0 Å². The fraction of sp³-hybridized carbons (Fsp3) is 1.00. The van der Waals surface area contributed by atoms with Crippen LogP contribution >= 0.6 is 0 Å². The molecule has 1 aliphatic rings. The third-order valence-corrected chi connectivity index (χ3v) is 3.84. The molecule has 2 N–H and O–H groups in total. The molecule has 0 spiro atoms. The largest absolute Gasteiger partial charge is 0.326 e. The minimum absolute atomic E-state index is 0.0544. The molecule has 0 aromatic rings. The van der Waals surface area contributed by atoms with Gasteiger partial charge in [-0.3, -0.25) is 4.90 Å². The molecule has 0 aromatic heterocycles. The number of rotatable bonds is 4. The molecule has 1 rings (SSSR count). The SMILES string of the molecule is CC(C)C1CCC(N)C(N(C)CC(F)F)C1. The lowest BCUT2D eigenvalue weighted by Gasteiger charge is -2.40. The van der Waals surface area contributed by atoms with Crippen LogP contribution in [0.3, 0.4) is 0 Å². The number of hydrogen-bond donors (Lipinski definition) is 1. The number of alkyl halides is 2. The van der Waals surface area contributed by atoms with Gasteiger partial charge in [-0.15, -0.1) is 0 Å². The lowest BCUT2D eigenvalue weighted by atomic mass is 9.77. The Morgan fingerprint density at radius 1 is 1.31 bits per heavy atom. The fourth-order valence-electron chi connectivity index (χ4n) is 2.67. The lowest BCUT2D eigenvalue weighted by molar-refractivity contribution is 0.0500. The van der Waals surface area contributed by atoms with Crippen molar-refractivity contribution in [1.82, 2.24) is 4.90 Å². The van der Waals surface area contributed by atoms with E-state index >= 15 is 0 Å². The maximum atomic E-state index is 12.3.